The van der Waals surface area contributed by atoms with Crippen LogP contribution in [-0.2, 0) is 0 Å². The maximum Gasteiger partial charge on any atom is 0.144 e. The second-order valence-electron chi connectivity index (χ2n) is 5.09. The molecule has 0 aliphatic heterocycles. The fraction of sp³-hybridized carbons (Fsp3) is 0.0625. The van der Waals surface area contributed by atoms with Gasteiger partial charge in [0, 0.05) is 24.2 Å². The van der Waals surface area contributed by atoms with Gasteiger partial charge in [0.05, 0.1) is 11.2 Å². The van der Waals surface area contributed by atoms with Crippen molar-refractivity contribution in [1.82, 2.24) is 24.5 Å². The SMILES string of the molecule is Cc1nc2c(-n3ccnc3-c3ccnc(N)c3)cccc2[nH]1. The molecule has 0 radical (unpaired) electrons. The standard InChI is InChI=1S/C16H14N6/c1-10-20-12-3-2-4-13(15(12)21-10)22-8-7-19-16(22)11-5-6-18-14(17)9-11/h2-9H,1H3,(H2,17,18)(H,20,21). The van der Waals surface area contributed by atoms with Crippen LogP contribution in [0.1, 0.15) is 5.82 Å². The summed E-state index contributed by atoms with van der Waals surface area (Å²) >= 11 is 0. The van der Waals surface area contributed by atoms with Crippen molar-refractivity contribution in [2.24, 2.45) is 0 Å². The van der Waals surface area contributed by atoms with E-state index < -0.39 is 0 Å². The van der Waals surface area contributed by atoms with Gasteiger partial charge in [0.1, 0.15) is 23.0 Å². The van der Waals surface area contributed by atoms with Crippen LogP contribution in [0.3, 0.4) is 0 Å². The third-order valence-electron chi connectivity index (χ3n) is 3.55. The molecule has 3 aromatic heterocycles. The molecular weight excluding hydrogens is 276 g/mol. The number of imidazole rings is 2. The molecule has 6 heteroatoms. The van der Waals surface area contributed by atoms with Gasteiger partial charge in [-0.05, 0) is 31.2 Å². The summed E-state index contributed by atoms with van der Waals surface area (Å²) in [5.41, 5.74) is 9.60. The van der Waals surface area contributed by atoms with Crippen LogP contribution in [0.15, 0.2) is 48.9 Å². The van der Waals surface area contributed by atoms with Gasteiger partial charge < -0.3 is 10.7 Å². The van der Waals surface area contributed by atoms with Crippen LogP contribution >= 0.6 is 0 Å². The Balaban J connectivity index is 1.95. The number of aromatic amines is 1. The molecule has 0 unspecified atom stereocenters. The number of H-pyrrole nitrogens is 1. The average Bonchev–Trinajstić information content (AvgIpc) is 3.11. The molecule has 0 amide bonds. The van der Waals surface area contributed by atoms with Crippen LogP contribution in [0, 0.1) is 6.92 Å². The number of nitrogens with two attached hydrogens (primary N) is 1. The number of aromatic nitrogens is 5. The molecule has 0 spiro atoms. The van der Waals surface area contributed by atoms with Crippen molar-refractivity contribution in [3.05, 3.63) is 54.7 Å². The summed E-state index contributed by atoms with van der Waals surface area (Å²) in [5, 5.41) is 0. The van der Waals surface area contributed by atoms with Crippen LogP contribution in [0.5, 0.6) is 0 Å². The van der Waals surface area contributed by atoms with Gasteiger partial charge in [-0.15, -0.1) is 0 Å². The van der Waals surface area contributed by atoms with Crippen LogP contribution in [-0.4, -0.2) is 24.5 Å². The van der Waals surface area contributed by atoms with E-state index in [1.807, 2.05) is 48.0 Å². The lowest BCUT2D eigenvalue weighted by Crippen LogP contribution is -1.98. The number of hydrogen-bond donors (Lipinski definition) is 2. The lowest BCUT2D eigenvalue weighted by atomic mass is 10.2. The quantitative estimate of drug-likeness (QED) is 0.594. The van der Waals surface area contributed by atoms with Crippen molar-refractivity contribution in [3.63, 3.8) is 0 Å². The van der Waals surface area contributed by atoms with Gasteiger partial charge in [0.15, 0.2) is 0 Å². The molecule has 0 saturated carbocycles. The van der Waals surface area contributed by atoms with Crippen molar-refractivity contribution >= 4 is 16.9 Å². The molecule has 0 fully saturated rings. The number of aryl methyl sites for hydroxylation is 1. The van der Waals surface area contributed by atoms with Crippen LogP contribution in [0.2, 0.25) is 0 Å². The van der Waals surface area contributed by atoms with Crippen LogP contribution in [0.4, 0.5) is 5.82 Å². The van der Waals surface area contributed by atoms with Crippen molar-refractivity contribution in [3.8, 4) is 17.1 Å². The summed E-state index contributed by atoms with van der Waals surface area (Å²) in [5.74, 6) is 2.17. The van der Waals surface area contributed by atoms with E-state index >= 15 is 0 Å². The van der Waals surface area contributed by atoms with Crippen LogP contribution < -0.4 is 5.73 Å². The average molecular weight is 290 g/mol. The zero-order valence-electron chi connectivity index (χ0n) is 12.0. The van der Waals surface area contributed by atoms with Crippen molar-refractivity contribution in [1.29, 1.82) is 0 Å². The first-order valence-corrected chi connectivity index (χ1v) is 6.93. The second-order valence-corrected chi connectivity index (χ2v) is 5.09. The Morgan fingerprint density at radius 1 is 1.14 bits per heavy atom. The monoisotopic (exact) mass is 290 g/mol. The molecule has 6 nitrogen and oxygen atoms in total. The summed E-state index contributed by atoms with van der Waals surface area (Å²) in [6, 6.07) is 9.75. The van der Waals surface area contributed by atoms with E-state index in [0.717, 1.165) is 33.9 Å². The Labute approximate surface area is 126 Å². The number of hydrogen-bond acceptors (Lipinski definition) is 4. The highest BCUT2D eigenvalue weighted by Gasteiger charge is 2.12. The molecule has 0 aliphatic rings. The first-order valence-electron chi connectivity index (χ1n) is 6.93. The molecule has 3 N–H and O–H groups in total. The summed E-state index contributed by atoms with van der Waals surface area (Å²) in [4.78, 5) is 16.3. The van der Waals surface area contributed by atoms with Crippen LogP contribution in [0.25, 0.3) is 28.1 Å². The highest BCUT2D eigenvalue weighted by molar-refractivity contribution is 5.85. The van der Waals surface area contributed by atoms with E-state index in [4.69, 9.17) is 5.73 Å². The Morgan fingerprint density at radius 3 is 2.91 bits per heavy atom. The van der Waals surface area contributed by atoms with E-state index in [9.17, 15) is 0 Å². The number of nitrogens with zero attached hydrogens (tertiary/aromatic N) is 4. The number of pyridine rings is 1. The largest absolute Gasteiger partial charge is 0.384 e. The number of rotatable bonds is 2. The first-order chi connectivity index (χ1) is 10.7. The number of nitrogens with one attached hydrogen (secondary N) is 1. The molecular formula is C16H14N6. The zero-order valence-corrected chi connectivity index (χ0v) is 12.0. The summed E-state index contributed by atoms with van der Waals surface area (Å²) in [7, 11) is 0. The minimum atomic E-state index is 0.473. The second kappa shape index (κ2) is 4.70. The summed E-state index contributed by atoms with van der Waals surface area (Å²) in [6.45, 7) is 1.95. The fourth-order valence-electron chi connectivity index (χ4n) is 2.63. The fourth-order valence-corrected chi connectivity index (χ4v) is 2.63. The first kappa shape index (κ1) is 12.6. The Morgan fingerprint density at radius 2 is 2.05 bits per heavy atom. The highest BCUT2D eigenvalue weighted by Crippen LogP contribution is 2.26. The summed E-state index contributed by atoms with van der Waals surface area (Å²) in [6.07, 6.45) is 5.37. The molecule has 0 saturated heterocycles. The molecule has 0 atom stereocenters. The maximum atomic E-state index is 5.78. The third kappa shape index (κ3) is 1.93. The van der Waals surface area contributed by atoms with E-state index in [1.165, 1.54) is 0 Å². The Kier molecular flexibility index (Phi) is 2.69. The molecule has 4 aromatic rings. The number of para-hydroxylation sites is 1. The predicted molar refractivity (Wildman–Crippen MR) is 85.6 cm³/mol. The van der Waals surface area contributed by atoms with Gasteiger partial charge in [-0.1, -0.05) is 6.07 Å². The van der Waals surface area contributed by atoms with Gasteiger partial charge in [-0.25, -0.2) is 15.0 Å². The molecule has 4 rings (SSSR count). The van der Waals surface area contributed by atoms with E-state index in [2.05, 4.69) is 19.9 Å². The lowest BCUT2D eigenvalue weighted by Gasteiger charge is -2.09. The Bertz CT molecular complexity index is 966. The highest BCUT2D eigenvalue weighted by atomic mass is 15.1. The van der Waals surface area contributed by atoms with Gasteiger partial charge in [0.2, 0.25) is 0 Å². The Hall–Kier alpha value is -3.15. The van der Waals surface area contributed by atoms with Crippen molar-refractivity contribution in [2.45, 2.75) is 6.92 Å². The maximum absolute atomic E-state index is 5.78. The van der Waals surface area contributed by atoms with Crippen molar-refractivity contribution < 1.29 is 0 Å². The molecule has 3 heterocycles. The molecule has 108 valence electrons. The number of nitrogen functional groups attached to an aromatic ring is 1. The molecule has 1 aromatic carbocycles. The summed E-state index contributed by atoms with van der Waals surface area (Å²) < 4.78 is 2.01. The van der Waals surface area contributed by atoms with E-state index in [-0.39, 0.29) is 0 Å². The number of benzene rings is 1. The van der Waals surface area contributed by atoms with Gasteiger partial charge >= 0.3 is 0 Å². The normalized spacial score (nSPS) is 11.1. The number of fused-ring (bicyclic) bond motifs is 1. The number of anilines is 1. The molecule has 0 aliphatic carbocycles. The van der Waals surface area contributed by atoms with Gasteiger partial charge in [-0.2, -0.15) is 0 Å². The predicted octanol–water partition coefficient (Wildman–Crippen LogP) is 2.70. The molecule has 0 bridgehead atoms. The minimum Gasteiger partial charge on any atom is -0.384 e. The topological polar surface area (TPSA) is 85.4 Å². The lowest BCUT2D eigenvalue weighted by molar-refractivity contribution is 1.07. The molecule has 22 heavy (non-hydrogen) atoms. The van der Waals surface area contributed by atoms with Gasteiger partial charge in [0.25, 0.3) is 0 Å². The minimum absolute atomic E-state index is 0.473. The third-order valence-corrected chi connectivity index (χ3v) is 3.55. The van der Waals surface area contributed by atoms with E-state index in [0.29, 0.717) is 5.82 Å². The smallest absolute Gasteiger partial charge is 0.144 e. The van der Waals surface area contributed by atoms with E-state index in [1.54, 1.807) is 12.4 Å². The van der Waals surface area contributed by atoms with Crippen molar-refractivity contribution in [2.75, 3.05) is 5.73 Å². The zero-order chi connectivity index (χ0) is 15.1. The van der Waals surface area contributed by atoms with Gasteiger partial charge in [-0.3, -0.25) is 4.57 Å².